The number of hydrogen-bond acceptors (Lipinski definition) is 4. The second-order valence-electron chi connectivity index (χ2n) is 7.16. The van der Waals surface area contributed by atoms with Gasteiger partial charge >= 0.3 is 0 Å². The van der Waals surface area contributed by atoms with E-state index in [-0.39, 0.29) is 5.54 Å². The van der Waals surface area contributed by atoms with Gasteiger partial charge in [0.2, 0.25) is 0 Å². The lowest BCUT2D eigenvalue weighted by atomic mass is 9.72. The van der Waals surface area contributed by atoms with Crippen LogP contribution in [0, 0.1) is 0 Å². The van der Waals surface area contributed by atoms with E-state index in [1.54, 1.807) is 22.7 Å². The van der Waals surface area contributed by atoms with Gasteiger partial charge in [0.05, 0.1) is 10.6 Å². The first-order valence-electron chi connectivity index (χ1n) is 9.22. The number of thiazole rings is 1. The SMILES string of the molecule is NC1(c2ccc(-c3nc(-c4ccsc4)sc3-c3ccccc3)cc2)CCC1. The molecule has 2 nitrogen and oxygen atoms in total. The summed E-state index contributed by atoms with van der Waals surface area (Å²) >= 11 is 3.47. The first kappa shape index (κ1) is 16.9. The van der Waals surface area contributed by atoms with Crippen molar-refractivity contribution in [3.63, 3.8) is 0 Å². The Kier molecular flexibility index (Phi) is 4.20. The number of rotatable bonds is 4. The van der Waals surface area contributed by atoms with Crippen molar-refractivity contribution in [2.45, 2.75) is 24.8 Å². The topological polar surface area (TPSA) is 38.9 Å². The first-order valence-corrected chi connectivity index (χ1v) is 11.0. The molecule has 2 N–H and O–H groups in total. The second-order valence-corrected chi connectivity index (χ2v) is 8.94. The Balaban J connectivity index is 1.60. The molecule has 4 heteroatoms. The third-order valence-corrected chi connectivity index (χ3v) is 7.25. The summed E-state index contributed by atoms with van der Waals surface area (Å²) in [7, 11) is 0. The molecule has 2 heterocycles. The van der Waals surface area contributed by atoms with Crippen LogP contribution in [0.2, 0.25) is 0 Å². The predicted octanol–water partition coefficient (Wildman–Crippen LogP) is 6.54. The highest BCUT2D eigenvalue weighted by Gasteiger charge is 2.34. The van der Waals surface area contributed by atoms with E-state index in [1.165, 1.54) is 28.0 Å². The van der Waals surface area contributed by atoms with Crippen LogP contribution in [0.5, 0.6) is 0 Å². The zero-order chi connectivity index (χ0) is 18.3. The summed E-state index contributed by atoms with van der Waals surface area (Å²) in [5.74, 6) is 0. The van der Waals surface area contributed by atoms with Gasteiger partial charge in [-0.2, -0.15) is 11.3 Å². The van der Waals surface area contributed by atoms with Crippen LogP contribution in [-0.4, -0.2) is 4.98 Å². The number of aromatic nitrogens is 1. The van der Waals surface area contributed by atoms with Crippen LogP contribution < -0.4 is 5.73 Å². The van der Waals surface area contributed by atoms with Gasteiger partial charge in [-0.25, -0.2) is 4.98 Å². The van der Waals surface area contributed by atoms with Crippen LogP contribution in [0.1, 0.15) is 24.8 Å². The van der Waals surface area contributed by atoms with E-state index < -0.39 is 0 Å². The third kappa shape index (κ3) is 3.04. The molecule has 27 heavy (non-hydrogen) atoms. The molecule has 0 bridgehead atoms. The molecular weight excluding hydrogens is 368 g/mol. The molecule has 0 amide bonds. The molecular formula is C23H20N2S2. The van der Waals surface area contributed by atoms with Gasteiger partial charge in [-0.15, -0.1) is 11.3 Å². The minimum Gasteiger partial charge on any atom is -0.321 e. The van der Waals surface area contributed by atoms with Crippen molar-refractivity contribution in [2.75, 3.05) is 0 Å². The lowest BCUT2D eigenvalue weighted by molar-refractivity contribution is 0.253. The van der Waals surface area contributed by atoms with Gasteiger partial charge in [0.15, 0.2) is 0 Å². The third-order valence-electron chi connectivity index (χ3n) is 5.41. The van der Waals surface area contributed by atoms with Crippen LogP contribution in [0.3, 0.4) is 0 Å². The molecule has 134 valence electrons. The van der Waals surface area contributed by atoms with Gasteiger partial charge in [0, 0.05) is 22.0 Å². The van der Waals surface area contributed by atoms with Gasteiger partial charge in [-0.05, 0) is 41.8 Å². The number of thiophene rings is 1. The van der Waals surface area contributed by atoms with E-state index >= 15 is 0 Å². The van der Waals surface area contributed by atoms with Crippen molar-refractivity contribution < 1.29 is 0 Å². The summed E-state index contributed by atoms with van der Waals surface area (Å²) in [6, 6.07) is 21.4. The van der Waals surface area contributed by atoms with Crippen LogP contribution in [-0.2, 0) is 5.54 Å². The number of nitrogens with two attached hydrogens (primary N) is 1. The molecule has 0 unspecified atom stereocenters. The fourth-order valence-electron chi connectivity index (χ4n) is 3.62. The Morgan fingerprint density at radius 3 is 2.26 bits per heavy atom. The van der Waals surface area contributed by atoms with E-state index in [0.29, 0.717) is 0 Å². The molecule has 0 atom stereocenters. The van der Waals surface area contributed by atoms with E-state index in [1.807, 2.05) is 0 Å². The van der Waals surface area contributed by atoms with Crippen molar-refractivity contribution in [1.82, 2.24) is 4.98 Å². The average molecular weight is 389 g/mol. The normalized spacial score (nSPS) is 15.4. The lowest BCUT2D eigenvalue weighted by Crippen LogP contribution is -2.43. The highest BCUT2D eigenvalue weighted by atomic mass is 32.1. The summed E-state index contributed by atoms with van der Waals surface area (Å²) < 4.78 is 0. The van der Waals surface area contributed by atoms with Crippen molar-refractivity contribution in [2.24, 2.45) is 5.73 Å². The Morgan fingerprint density at radius 2 is 1.63 bits per heavy atom. The molecule has 5 rings (SSSR count). The molecule has 1 aliphatic carbocycles. The number of nitrogens with zero attached hydrogens (tertiary/aromatic N) is 1. The van der Waals surface area contributed by atoms with E-state index in [4.69, 9.17) is 10.7 Å². The molecule has 0 saturated heterocycles. The van der Waals surface area contributed by atoms with Crippen molar-refractivity contribution in [3.8, 4) is 32.3 Å². The maximum absolute atomic E-state index is 6.49. The van der Waals surface area contributed by atoms with Crippen LogP contribution in [0.15, 0.2) is 71.4 Å². The van der Waals surface area contributed by atoms with Crippen LogP contribution in [0.4, 0.5) is 0 Å². The largest absolute Gasteiger partial charge is 0.321 e. The molecule has 1 fully saturated rings. The smallest absolute Gasteiger partial charge is 0.125 e. The van der Waals surface area contributed by atoms with Crippen molar-refractivity contribution in [1.29, 1.82) is 0 Å². The summed E-state index contributed by atoms with van der Waals surface area (Å²) in [4.78, 5) is 6.24. The number of hydrogen-bond donors (Lipinski definition) is 1. The summed E-state index contributed by atoms with van der Waals surface area (Å²) in [6.45, 7) is 0. The quantitative estimate of drug-likeness (QED) is 0.431. The van der Waals surface area contributed by atoms with Gasteiger partial charge < -0.3 is 5.73 Å². The molecule has 2 aromatic carbocycles. The van der Waals surface area contributed by atoms with E-state index in [9.17, 15) is 0 Å². The van der Waals surface area contributed by atoms with E-state index in [2.05, 4.69) is 71.4 Å². The molecule has 1 saturated carbocycles. The molecule has 4 aromatic rings. The molecule has 0 spiro atoms. The van der Waals surface area contributed by atoms with Gasteiger partial charge in [0.1, 0.15) is 5.01 Å². The summed E-state index contributed by atoms with van der Waals surface area (Å²) in [5.41, 5.74) is 12.2. The zero-order valence-electron chi connectivity index (χ0n) is 14.9. The highest BCUT2D eigenvalue weighted by molar-refractivity contribution is 7.19. The maximum Gasteiger partial charge on any atom is 0.125 e. The highest BCUT2D eigenvalue weighted by Crippen LogP contribution is 2.42. The fraction of sp³-hybridized carbons (Fsp3) is 0.174. The van der Waals surface area contributed by atoms with Crippen molar-refractivity contribution >= 4 is 22.7 Å². The Labute approximate surface area is 167 Å². The molecule has 0 radical (unpaired) electrons. The fourth-order valence-corrected chi connectivity index (χ4v) is 5.42. The van der Waals surface area contributed by atoms with Crippen LogP contribution in [0.25, 0.3) is 32.3 Å². The Bertz CT molecular complexity index is 1040. The zero-order valence-corrected chi connectivity index (χ0v) is 16.5. The van der Waals surface area contributed by atoms with Crippen LogP contribution >= 0.6 is 22.7 Å². The maximum atomic E-state index is 6.49. The Hall–Kier alpha value is -2.27. The Morgan fingerprint density at radius 1 is 0.852 bits per heavy atom. The summed E-state index contributed by atoms with van der Waals surface area (Å²) in [6.07, 6.45) is 3.40. The molecule has 0 aliphatic heterocycles. The average Bonchev–Trinajstić information content (AvgIpc) is 3.37. The van der Waals surface area contributed by atoms with Gasteiger partial charge in [-0.1, -0.05) is 54.6 Å². The minimum absolute atomic E-state index is 0.120. The first-order chi connectivity index (χ1) is 13.2. The number of benzene rings is 2. The second kappa shape index (κ2) is 6.71. The standard InChI is InChI=1S/C23H20N2S2/c24-23(12-4-13-23)19-9-7-16(8-10-19)20-21(17-5-2-1-3-6-17)27-22(25-20)18-11-14-26-15-18/h1-3,5-11,14-15H,4,12-13,24H2. The van der Waals surface area contributed by atoms with Gasteiger partial charge in [0.25, 0.3) is 0 Å². The van der Waals surface area contributed by atoms with Crippen molar-refractivity contribution in [3.05, 3.63) is 77.0 Å². The van der Waals surface area contributed by atoms with Gasteiger partial charge in [-0.3, -0.25) is 0 Å². The summed E-state index contributed by atoms with van der Waals surface area (Å²) in [5, 5.41) is 5.34. The predicted molar refractivity (Wildman–Crippen MR) is 116 cm³/mol. The lowest BCUT2D eigenvalue weighted by Gasteiger charge is -2.38. The van der Waals surface area contributed by atoms with E-state index in [0.717, 1.165) is 29.1 Å². The molecule has 1 aliphatic rings. The monoisotopic (exact) mass is 388 g/mol. The minimum atomic E-state index is -0.120. The molecule has 2 aromatic heterocycles.